The highest BCUT2D eigenvalue weighted by Gasteiger charge is 2.18. The fourth-order valence-electron chi connectivity index (χ4n) is 1.86. The smallest absolute Gasteiger partial charge is 0.322 e. The number of methoxy groups -OCH3 is 1. The fourth-order valence-corrected chi connectivity index (χ4v) is 1.86. The van der Waals surface area contributed by atoms with Crippen molar-refractivity contribution in [3.63, 3.8) is 0 Å². The van der Waals surface area contributed by atoms with E-state index in [1.165, 1.54) is 7.11 Å². The second kappa shape index (κ2) is 7.60. The third kappa shape index (κ3) is 4.47. The van der Waals surface area contributed by atoms with Crippen LogP contribution in [0, 0.1) is 0 Å². The van der Waals surface area contributed by atoms with E-state index >= 15 is 0 Å². The zero-order valence-electron chi connectivity index (χ0n) is 10.2. The van der Waals surface area contributed by atoms with Crippen LogP contribution in [0.3, 0.4) is 0 Å². The monoisotopic (exact) mass is 230 g/mol. The molecule has 16 heavy (non-hydrogen) atoms. The molecule has 0 bridgehead atoms. The summed E-state index contributed by atoms with van der Waals surface area (Å²) in [5.41, 5.74) is 0. The second-order valence-corrected chi connectivity index (χ2v) is 3.96. The number of nitrogens with zero attached hydrogens (tertiary/aromatic N) is 1. The quantitative estimate of drug-likeness (QED) is 0.666. The summed E-state index contributed by atoms with van der Waals surface area (Å²) in [5, 5.41) is 2.98. The molecule has 0 aromatic rings. The zero-order chi connectivity index (χ0) is 11.8. The van der Waals surface area contributed by atoms with Gasteiger partial charge in [-0.15, -0.1) is 0 Å². The number of esters is 1. The summed E-state index contributed by atoms with van der Waals surface area (Å²) < 4.78 is 10.1. The van der Waals surface area contributed by atoms with Gasteiger partial charge in [0.15, 0.2) is 0 Å². The number of nitrogens with one attached hydrogen (secondary N) is 1. The maximum absolute atomic E-state index is 11.4. The van der Waals surface area contributed by atoms with Gasteiger partial charge in [-0.25, -0.2) is 0 Å². The van der Waals surface area contributed by atoms with Crippen molar-refractivity contribution in [3.8, 4) is 0 Å². The van der Waals surface area contributed by atoms with Gasteiger partial charge in [-0.1, -0.05) is 0 Å². The van der Waals surface area contributed by atoms with Crippen molar-refractivity contribution in [1.82, 2.24) is 10.2 Å². The van der Waals surface area contributed by atoms with Gasteiger partial charge in [0.1, 0.15) is 6.04 Å². The molecule has 1 fully saturated rings. The third-order valence-corrected chi connectivity index (χ3v) is 2.88. The molecule has 1 unspecified atom stereocenters. The first-order chi connectivity index (χ1) is 7.77. The average Bonchev–Trinajstić information content (AvgIpc) is 2.58. The topological polar surface area (TPSA) is 50.8 Å². The Morgan fingerprint density at radius 1 is 1.50 bits per heavy atom. The first kappa shape index (κ1) is 13.4. The van der Waals surface area contributed by atoms with E-state index in [1.807, 2.05) is 0 Å². The summed E-state index contributed by atoms with van der Waals surface area (Å²) >= 11 is 0. The number of hydrogen-bond donors (Lipinski definition) is 1. The summed E-state index contributed by atoms with van der Waals surface area (Å²) in [6.45, 7) is 4.56. The molecule has 1 rings (SSSR count). The number of carbonyl (C=O) groups is 1. The van der Waals surface area contributed by atoms with Crippen molar-refractivity contribution < 1.29 is 14.3 Å². The van der Waals surface area contributed by atoms with Gasteiger partial charge >= 0.3 is 5.97 Å². The number of rotatable bonds is 5. The molecule has 0 radical (unpaired) electrons. The van der Waals surface area contributed by atoms with Crippen molar-refractivity contribution in [2.45, 2.75) is 18.9 Å². The normalized spacial score (nSPS) is 20.1. The van der Waals surface area contributed by atoms with E-state index in [4.69, 9.17) is 9.47 Å². The molecule has 5 heteroatoms. The van der Waals surface area contributed by atoms with Crippen LogP contribution in [0.1, 0.15) is 12.8 Å². The molecule has 1 N–H and O–H groups in total. The van der Waals surface area contributed by atoms with E-state index in [0.717, 1.165) is 45.7 Å². The maximum atomic E-state index is 11.4. The van der Waals surface area contributed by atoms with Crippen molar-refractivity contribution in [3.05, 3.63) is 0 Å². The largest absolute Gasteiger partial charge is 0.468 e. The van der Waals surface area contributed by atoms with E-state index in [2.05, 4.69) is 10.2 Å². The van der Waals surface area contributed by atoms with Gasteiger partial charge in [-0.05, 0) is 19.9 Å². The highest BCUT2D eigenvalue weighted by atomic mass is 16.5. The van der Waals surface area contributed by atoms with Gasteiger partial charge < -0.3 is 19.7 Å². The lowest BCUT2D eigenvalue weighted by atomic mass is 10.2. The molecule has 0 aromatic carbocycles. The van der Waals surface area contributed by atoms with Crippen LogP contribution in [0.2, 0.25) is 0 Å². The highest BCUT2D eigenvalue weighted by molar-refractivity contribution is 5.75. The molecule has 0 saturated carbocycles. The van der Waals surface area contributed by atoms with E-state index in [-0.39, 0.29) is 12.0 Å². The van der Waals surface area contributed by atoms with Gasteiger partial charge in [-0.2, -0.15) is 0 Å². The number of likely N-dealkylation sites (N-methyl/N-ethyl adjacent to an activating group) is 1. The van der Waals surface area contributed by atoms with Crippen LogP contribution in [0.5, 0.6) is 0 Å². The van der Waals surface area contributed by atoms with Gasteiger partial charge in [0, 0.05) is 26.2 Å². The number of ether oxygens (including phenoxy) is 2. The number of carbonyl (C=O) groups excluding carboxylic acids is 1. The molecule has 0 aromatic heterocycles. The molecule has 1 heterocycles. The van der Waals surface area contributed by atoms with Crippen LogP contribution < -0.4 is 5.32 Å². The van der Waals surface area contributed by atoms with Crippen LogP contribution in [-0.2, 0) is 14.3 Å². The predicted octanol–water partition coefficient (Wildman–Crippen LogP) is -0.140. The molecule has 1 aliphatic rings. The summed E-state index contributed by atoms with van der Waals surface area (Å²) in [6.07, 6.45) is 1.85. The van der Waals surface area contributed by atoms with Crippen LogP contribution in [0.15, 0.2) is 0 Å². The minimum Gasteiger partial charge on any atom is -0.468 e. The summed E-state index contributed by atoms with van der Waals surface area (Å²) in [6, 6.07) is -0.200. The fraction of sp³-hybridized carbons (Fsp3) is 0.909. The number of hydrogen-bond acceptors (Lipinski definition) is 5. The molecule has 0 amide bonds. The lowest BCUT2D eigenvalue weighted by molar-refractivity contribution is -0.143. The molecule has 1 saturated heterocycles. The Morgan fingerprint density at radius 2 is 2.31 bits per heavy atom. The molecular formula is C11H22N2O3. The Bertz CT molecular complexity index is 203. The molecule has 94 valence electrons. The standard InChI is InChI=1S/C11H22N2O3/c1-12-10(11(14)15-2)4-6-13-5-3-8-16-9-7-13/h10,12H,3-9H2,1-2H3. The first-order valence-electron chi connectivity index (χ1n) is 5.83. The Kier molecular flexibility index (Phi) is 6.37. The van der Waals surface area contributed by atoms with Crippen LogP contribution in [0.4, 0.5) is 0 Å². The van der Waals surface area contributed by atoms with Crippen molar-refractivity contribution >= 4 is 5.97 Å². The average molecular weight is 230 g/mol. The minimum absolute atomic E-state index is 0.187. The lowest BCUT2D eigenvalue weighted by Gasteiger charge is -2.21. The highest BCUT2D eigenvalue weighted by Crippen LogP contribution is 2.02. The minimum atomic E-state index is -0.200. The van der Waals surface area contributed by atoms with Gasteiger partial charge in [-0.3, -0.25) is 4.79 Å². The van der Waals surface area contributed by atoms with Crippen molar-refractivity contribution in [1.29, 1.82) is 0 Å². The zero-order valence-corrected chi connectivity index (χ0v) is 10.2. The third-order valence-electron chi connectivity index (χ3n) is 2.88. The molecule has 5 nitrogen and oxygen atoms in total. The summed E-state index contributed by atoms with van der Waals surface area (Å²) in [5.74, 6) is -0.187. The molecule has 1 aliphatic heterocycles. The Hall–Kier alpha value is -0.650. The van der Waals surface area contributed by atoms with E-state index < -0.39 is 0 Å². The predicted molar refractivity (Wildman–Crippen MR) is 61.4 cm³/mol. The molecule has 0 aliphatic carbocycles. The summed E-state index contributed by atoms with van der Waals surface area (Å²) in [7, 11) is 3.21. The second-order valence-electron chi connectivity index (χ2n) is 3.96. The molecule has 1 atom stereocenters. The van der Waals surface area contributed by atoms with Gasteiger partial charge in [0.05, 0.1) is 13.7 Å². The maximum Gasteiger partial charge on any atom is 0.322 e. The molecular weight excluding hydrogens is 208 g/mol. The Labute approximate surface area is 97.1 Å². The SMILES string of the molecule is CNC(CCN1CCCOCC1)C(=O)OC. The van der Waals surface area contributed by atoms with E-state index in [1.54, 1.807) is 7.05 Å². The van der Waals surface area contributed by atoms with E-state index in [0.29, 0.717) is 0 Å². The Balaban J connectivity index is 2.27. The van der Waals surface area contributed by atoms with Crippen LogP contribution in [-0.4, -0.2) is 63.9 Å². The first-order valence-corrected chi connectivity index (χ1v) is 5.83. The van der Waals surface area contributed by atoms with Crippen molar-refractivity contribution in [2.24, 2.45) is 0 Å². The summed E-state index contributed by atoms with van der Waals surface area (Å²) in [4.78, 5) is 13.7. The van der Waals surface area contributed by atoms with Crippen LogP contribution in [0.25, 0.3) is 0 Å². The Morgan fingerprint density at radius 3 is 3.00 bits per heavy atom. The van der Waals surface area contributed by atoms with Gasteiger partial charge in [0.25, 0.3) is 0 Å². The van der Waals surface area contributed by atoms with E-state index in [9.17, 15) is 4.79 Å². The van der Waals surface area contributed by atoms with Crippen molar-refractivity contribution in [2.75, 3.05) is 47.0 Å². The molecule has 0 spiro atoms. The van der Waals surface area contributed by atoms with Gasteiger partial charge in [0.2, 0.25) is 0 Å². The van der Waals surface area contributed by atoms with Crippen LogP contribution >= 0.6 is 0 Å². The lowest BCUT2D eigenvalue weighted by Crippen LogP contribution is -2.39.